The van der Waals surface area contributed by atoms with Crippen LogP contribution in [0, 0.1) is 13.1 Å². The highest BCUT2D eigenvalue weighted by molar-refractivity contribution is 9.10. The Morgan fingerprint density at radius 2 is 0.656 bits per heavy atom. The molecule has 426 valence electrons. The van der Waals surface area contributed by atoms with Crippen LogP contribution >= 0.6 is 15.9 Å². The second-order valence-electron chi connectivity index (χ2n) is 24.1. The molecular formula is C82H56BBrN4O2. The van der Waals surface area contributed by atoms with Gasteiger partial charge in [0.1, 0.15) is 0 Å². The molecule has 0 amide bonds. The van der Waals surface area contributed by atoms with Gasteiger partial charge in [-0.3, -0.25) is 0 Å². The molecule has 3 heterocycles. The molecule has 0 spiro atoms. The molecule has 2 aromatic heterocycles. The maximum absolute atomic E-state index is 7.28. The fourth-order valence-electron chi connectivity index (χ4n) is 13.0. The van der Waals surface area contributed by atoms with Crippen LogP contribution in [0.2, 0.25) is 0 Å². The van der Waals surface area contributed by atoms with Crippen LogP contribution in [0.4, 0.5) is 11.4 Å². The number of rotatable bonds is 4. The van der Waals surface area contributed by atoms with Crippen LogP contribution in [-0.4, -0.2) is 28.3 Å². The number of hydrogen-bond acceptors (Lipinski definition) is 4. The summed E-state index contributed by atoms with van der Waals surface area (Å²) in [4.78, 5) is 17.7. The van der Waals surface area contributed by atoms with Crippen LogP contribution in [-0.2, 0) is 9.31 Å². The second-order valence-corrected chi connectivity index (χ2v) is 25.0. The minimum Gasteiger partial charge on any atom is -0.399 e. The van der Waals surface area contributed by atoms with Crippen molar-refractivity contribution in [1.82, 2.24) is 9.97 Å². The molecular weight excluding hydrogens is 1160 g/mol. The molecule has 14 aromatic carbocycles. The van der Waals surface area contributed by atoms with Crippen molar-refractivity contribution in [3.63, 3.8) is 0 Å². The Morgan fingerprint density at radius 3 is 1.10 bits per heavy atom. The third kappa shape index (κ3) is 9.84. The molecule has 0 bridgehead atoms. The van der Waals surface area contributed by atoms with E-state index < -0.39 is 0 Å². The summed E-state index contributed by atoms with van der Waals surface area (Å²) in [5, 5.41) is 21.5. The standard InChI is InChI=1S/C38H22N2.C33H28BNO2.C11H6BrN/c1-39-29-21-20-27-22-26(18-19-28(27)23-29)24-14-16-25(17-15-24)37-35-13-7-5-11-33(35)36-32-10-4-2-8-30(32)31-9-3-6-12-34(31)38(36)40-37;1-32(2)33(3,4)37-34(36-32)22-19-17-21(18-20-22)30-28-16-10-8-14-26(28)29-25-13-7-5-11-23(25)24-12-6-9-15-27(24)31(29)35-30;1-13-11-5-3-8-6-10(12)4-2-9(8)7-11/h2-23H;5-20H,1-4H3;2-7H. The number of nitrogens with zero attached hydrogens (tertiary/aromatic N) is 4. The second kappa shape index (κ2) is 22.5. The van der Waals surface area contributed by atoms with E-state index >= 15 is 0 Å². The lowest BCUT2D eigenvalue weighted by molar-refractivity contribution is 0.00578. The molecule has 0 radical (unpaired) electrons. The summed E-state index contributed by atoms with van der Waals surface area (Å²) in [5.74, 6) is 0. The number of benzene rings is 14. The molecule has 8 heteroatoms. The van der Waals surface area contributed by atoms with Crippen molar-refractivity contribution in [3.05, 3.63) is 294 Å². The van der Waals surface area contributed by atoms with Gasteiger partial charge in [0, 0.05) is 47.9 Å². The van der Waals surface area contributed by atoms with Gasteiger partial charge < -0.3 is 9.31 Å². The maximum atomic E-state index is 7.28. The monoisotopic (exact) mass is 1220 g/mol. The van der Waals surface area contributed by atoms with Crippen molar-refractivity contribution < 1.29 is 9.31 Å². The van der Waals surface area contributed by atoms with Crippen molar-refractivity contribution in [2.75, 3.05) is 0 Å². The quantitative estimate of drug-likeness (QED) is 0.100. The summed E-state index contributed by atoms with van der Waals surface area (Å²) in [6, 6.07) is 93.1. The molecule has 0 N–H and O–H groups in total. The van der Waals surface area contributed by atoms with Gasteiger partial charge in [0.25, 0.3) is 0 Å². The highest BCUT2D eigenvalue weighted by Crippen LogP contribution is 2.44. The lowest BCUT2D eigenvalue weighted by Gasteiger charge is -2.32. The van der Waals surface area contributed by atoms with Crippen molar-refractivity contribution in [2.45, 2.75) is 38.9 Å². The van der Waals surface area contributed by atoms with Crippen LogP contribution in [0.15, 0.2) is 271 Å². The molecule has 16 aromatic rings. The zero-order valence-electron chi connectivity index (χ0n) is 50.0. The van der Waals surface area contributed by atoms with Gasteiger partial charge in [0.2, 0.25) is 0 Å². The molecule has 17 rings (SSSR count). The number of aromatic nitrogens is 2. The van der Waals surface area contributed by atoms with Crippen molar-refractivity contribution in [2.24, 2.45) is 0 Å². The minimum atomic E-state index is -0.379. The van der Waals surface area contributed by atoms with E-state index in [0.717, 1.165) is 86.9 Å². The molecule has 1 aliphatic heterocycles. The van der Waals surface area contributed by atoms with E-state index in [-0.39, 0.29) is 18.3 Å². The first-order valence-electron chi connectivity index (χ1n) is 30.2. The predicted molar refractivity (Wildman–Crippen MR) is 382 cm³/mol. The van der Waals surface area contributed by atoms with E-state index in [0.29, 0.717) is 11.4 Å². The number of hydrogen-bond donors (Lipinski definition) is 0. The lowest BCUT2D eigenvalue weighted by atomic mass is 9.78. The average molecular weight is 1220 g/mol. The first-order valence-corrected chi connectivity index (χ1v) is 31.0. The topological polar surface area (TPSA) is 53.0 Å². The van der Waals surface area contributed by atoms with E-state index in [4.69, 9.17) is 32.4 Å². The van der Waals surface area contributed by atoms with Gasteiger partial charge in [-0.15, -0.1) is 0 Å². The molecule has 0 aliphatic carbocycles. The van der Waals surface area contributed by atoms with Gasteiger partial charge in [0.05, 0.1) is 46.8 Å². The minimum absolute atomic E-state index is 0.365. The SMILES string of the molecule is CC1(C)OB(c2ccc(-c3nc4c5ccccc5c5ccccc5c4c4ccccc34)cc2)OC1(C)C.[C-]#[N+]c1ccc2cc(-c3ccc(-c4nc5c6ccccc6c6ccccc6c5c5ccccc45)cc3)ccc2c1.[C-]#[N+]c1ccc2cc(Br)ccc2c1. The molecule has 6 nitrogen and oxygen atoms in total. The highest BCUT2D eigenvalue weighted by atomic mass is 79.9. The third-order valence-corrected chi connectivity index (χ3v) is 18.7. The van der Waals surface area contributed by atoms with E-state index in [1.54, 1.807) is 0 Å². The summed E-state index contributed by atoms with van der Waals surface area (Å²) in [6.07, 6.45) is 0. The van der Waals surface area contributed by atoms with E-state index in [1.807, 2.05) is 54.6 Å². The third-order valence-electron chi connectivity index (χ3n) is 18.2. The Kier molecular flexibility index (Phi) is 14.0. The summed E-state index contributed by atoms with van der Waals surface area (Å²) in [6.45, 7) is 22.5. The Labute approximate surface area is 530 Å². The molecule has 0 atom stereocenters. The largest absolute Gasteiger partial charge is 0.494 e. The van der Waals surface area contributed by atoms with Gasteiger partial charge in [-0.2, -0.15) is 0 Å². The zero-order valence-corrected chi connectivity index (χ0v) is 51.6. The molecule has 90 heavy (non-hydrogen) atoms. The van der Waals surface area contributed by atoms with E-state index in [9.17, 15) is 0 Å². The normalized spacial score (nSPS) is 13.4. The zero-order chi connectivity index (χ0) is 61.3. The first-order chi connectivity index (χ1) is 43.9. The predicted octanol–water partition coefficient (Wildman–Crippen LogP) is 22.5. The highest BCUT2D eigenvalue weighted by Gasteiger charge is 2.51. The summed E-state index contributed by atoms with van der Waals surface area (Å²) < 4.78 is 13.6. The summed E-state index contributed by atoms with van der Waals surface area (Å²) in [5.41, 5.74) is 10.2. The fourth-order valence-corrected chi connectivity index (χ4v) is 13.4. The molecule has 0 saturated carbocycles. The van der Waals surface area contributed by atoms with Gasteiger partial charge in [0.15, 0.2) is 11.4 Å². The van der Waals surface area contributed by atoms with Crippen LogP contribution in [0.5, 0.6) is 0 Å². The van der Waals surface area contributed by atoms with Gasteiger partial charge in [-0.1, -0.05) is 253 Å². The first kappa shape index (κ1) is 56.0. The molecule has 1 aliphatic rings. The Morgan fingerprint density at radius 1 is 0.333 bits per heavy atom. The van der Waals surface area contributed by atoms with Crippen LogP contribution in [0.1, 0.15) is 27.7 Å². The fraction of sp³-hybridized carbons (Fsp3) is 0.0732. The van der Waals surface area contributed by atoms with Crippen molar-refractivity contribution in [1.29, 1.82) is 0 Å². The molecule has 0 unspecified atom stereocenters. The van der Waals surface area contributed by atoms with Crippen LogP contribution < -0.4 is 5.46 Å². The van der Waals surface area contributed by atoms with Crippen LogP contribution in [0.3, 0.4) is 0 Å². The van der Waals surface area contributed by atoms with Gasteiger partial charge in [-0.25, -0.2) is 19.7 Å². The Bertz CT molecular complexity index is 5660. The molecule has 1 saturated heterocycles. The van der Waals surface area contributed by atoms with Crippen LogP contribution in [0.25, 0.3) is 151 Å². The van der Waals surface area contributed by atoms with Gasteiger partial charge in [-0.05, 0) is 139 Å². The van der Waals surface area contributed by atoms with Crippen molar-refractivity contribution in [3.8, 4) is 33.6 Å². The average Bonchev–Trinajstić information content (AvgIpc) is 0.941. The maximum Gasteiger partial charge on any atom is 0.494 e. The number of halogens is 1. The number of fused-ring (bicyclic) bond motifs is 18. The number of pyridine rings is 2. The molecule has 1 fully saturated rings. The lowest BCUT2D eigenvalue weighted by Crippen LogP contribution is -2.41. The summed E-state index contributed by atoms with van der Waals surface area (Å²) >= 11 is 3.41. The van der Waals surface area contributed by atoms with Gasteiger partial charge >= 0.3 is 7.12 Å². The summed E-state index contributed by atoms with van der Waals surface area (Å²) in [7, 11) is -0.379. The Balaban J connectivity index is 0.000000126. The van der Waals surface area contributed by atoms with E-state index in [2.05, 4.69) is 266 Å². The smallest absolute Gasteiger partial charge is 0.399 e. The Hall–Kier alpha value is -10.6. The van der Waals surface area contributed by atoms with Crippen molar-refractivity contribution >= 4 is 148 Å². The van der Waals surface area contributed by atoms with E-state index in [1.165, 1.54) is 64.6 Å².